The molecule has 0 aromatic rings. The number of rotatable bonds is 4. The third-order valence-corrected chi connectivity index (χ3v) is 3.18. The molecule has 0 aromatic carbocycles. The molecule has 1 rings (SSSR count). The molecule has 0 amide bonds. The molecule has 1 aliphatic rings. The zero-order valence-corrected chi connectivity index (χ0v) is 9.06. The molecule has 3 unspecified atom stereocenters. The summed E-state index contributed by atoms with van der Waals surface area (Å²) in [5, 5.41) is 8.98. The molecule has 82 valence electrons. The average Bonchev–Trinajstić information content (AvgIpc) is 2.63. The van der Waals surface area contributed by atoms with Gasteiger partial charge in [-0.25, -0.2) is 0 Å². The first-order valence-corrected chi connectivity index (χ1v) is 5.10. The average molecular weight is 201 g/mol. The van der Waals surface area contributed by atoms with E-state index in [0.29, 0.717) is 19.3 Å². The van der Waals surface area contributed by atoms with E-state index in [1.807, 2.05) is 7.05 Å². The quantitative estimate of drug-likeness (QED) is 0.731. The highest BCUT2D eigenvalue weighted by atomic mass is 16.5. The number of carboxylic acid groups (broad SMARTS) is 1. The van der Waals surface area contributed by atoms with E-state index >= 15 is 0 Å². The van der Waals surface area contributed by atoms with Crippen molar-refractivity contribution >= 4 is 5.97 Å². The standard InChI is InChI=1S/C10H19NO3/c1-4-7(2)11(3)9-6-14-5-8(9)10(12)13/h7-9H,4-6H2,1-3H3,(H,12,13). The highest BCUT2D eigenvalue weighted by Gasteiger charge is 2.37. The van der Waals surface area contributed by atoms with Crippen LogP contribution in [0.4, 0.5) is 0 Å². The van der Waals surface area contributed by atoms with Crippen molar-refractivity contribution in [2.24, 2.45) is 5.92 Å². The minimum absolute atomic E-state index is 0.0300. The minimum atomic E-state index is -0.748. The number of hydrogen-bond donors (Lipinski definition) is 1. The molecule has 1 aliphatic heterocycles. The molecule has 0 bridgehead atoms. The summed E-state index contributed by atoms with van der Waals surface area (Å²) in [6.45, 7) is 5.10. The first-order valence-electron chi connectivity index (χ1n) is 5.10. The van der Waals surface area contributed by atoms with Crippen LogP contribution in [0.3, 0.4) is 0 Å². The van der Waals surface area contributed by atoms with Crippen molar-refractivity contribution in [2.45, 2.75) is 32.4 Å². The van der Waals surface area contributed by atoms with Gasteiger partial charge < -0.3 is 9.84 Å². The van der Waals surface area contributed by atoms with Gasteiger partial charge in [-0.15, -0.1) is 0 Å². The fraction of sp³-hybridized carbons (Fsp3) is 0.900. The summed E-state index contributed by atoms with van der Waals surface area (Å²) >= 11 is 0. The van der Waals surface area contributed by atoms with Crippen LogP contribution in [0.5, 0.6) is 0 Å². The van der Waals surface area contributed by atoms with Crippen LogP contribution in [-0.2, 0) is 9.53 Å². The molecule has 0 radical (unpaired) electrons. The van der Waals surface area contributed by atoms with E-state index in [1.54, 1.807) is 0 Å². The first kappa shape index (κ1) is 11.5. The lowest BCUT2D eigenvalue weighted by molar-refractivity contribution is -0.143. The van der Waals surface area contributed by atoms with Crippen molar-refractivity contribution < 1.29 is 14.6 Å². The van der Waals surface area contributed by atoms with Crippen LogP contribution in [0.1, 0.15) is 20.3 Å². The Balaban J connectivity index is 2.61. The highest BCUT2D eigenvalue weighted by Crippen LogP contribution is 2.21. The largest absolute Gasteiger partial charge is 0.481 e. The predicted octanol–water partition coefficient (Wildman–Crippen LogP) is 0.816. The SMILES string of the molecule is CCC(C)N(C)C1COCC1C(=O)O. The third-order valence-electron chi connectivity index (χ3n) is 3.18. The van der Waals surface area contributed by atoms with Gasteiger partial charge in [0.05, 0.1) is 19.1 Å². The van der Waals surface area contributed by atoms with E-state index in [-0.39, 0.29) is 12.0 Å². The summed E-state index contributed by atoms with van der Waals surface area (Å²) in [7, 11) is 1.98. The van der Waals surface area contributed by atoms with Gasteiger partial charge in [0.15, 0.2) is 0 Å². The summed E-state index contributed by atoms with van der Waals surface area (Å²) in [4.78, 5) is 13.0. The Labute approximate surface area is 84.8 Å². The summed E-state index contributed by atoms with van der Waals surface area (Å²) < 4.78 is 5.22. The van der Waals surface area contributed by atoms with Gasteiger partial charge in [0.25, 0.3) is 0 Å². The Hall–Kier alpha value is -0.610. The van der Waals surface area contributed by atoms with Crippen LogP contribution in [0.15, 0.2) is 0 Å². The molecular formula is C10H19NO3. The van der Waals surface area contributed by atoms with Gasteiger partial charge in [0.1, 0.15) is 0 Å². The Bertz CT molecular complexity index is 208. The maximum absolute atomic E-state index is 10.9. The molecule has 0 spiro atoms. The molecule has 4 nitrogen and oxygen atoms in total. The number of aliphatic carboxylic acids is 1. The van der Waals surface area contributed by atoms with Crippen LogP contribution in [0, 0.1) is 5.92 Å². The van der Waals surface area contributed by atoms with E-state index in [1.165, 1.54) is 0 Å². The number of hydrogen-bond acceptors (Lipinski definition) is 3. The fourth-order valence-corrected chi connectivity index (χ4v) is 1.80. The lowest BCUT2D eigenvalue weighted by Crippen LogP contribution is -2.44. The van der Waals surface area contributed by atoms with Gasteiger partial charge >= 0.3 is 5.97 Å². The summed E-state index contributed by atoms with van der Waals surface area (Å²) in [6, 6.07) is 0.436. The zero-order chi connectivity index (χ0) is 10.7. The lowest BCUT2D eigenvalue weighted by Gasteiger charge is -2.31. The van der Waals surface area contributed by atoms with E-state index < -0.39 is 5.97 Å². The number of carboxylic acids is 1. The molecule has 3 atom stereocenters. The van der Waals surface area contributed by atoms with Crippen molar-refractivity contribution in [1.82, 2.24) is 4.90 Å². The van der Waals surface area contributed by atoms with Crippen molar-refractivity contribution in [1.29, 1.82) is 0 Å². The van der Waals surface area contributed by atoms with Crippen molar-refractivity contribution in [3.05, 3.63) is 0 Å². The number of nitrogens with zero attached hydrogens (tertiary/aromatic N) is 1. The fourth-order valence-electron chi connectivity index (χ4n) is 1.80. The second kappa shape index (κ2) is 4.75. The van der Waals surface area contributed by atoms with Gasteiger partial charge in [0, 0.05) is 12.1 Å². The molecule has 14 heavy (non-hydrogen) atoms. The van der Waals surface area contributed by atoms with Crippen LogP contribution in [-0.4, -0.2) is 48.3 Å². The van der Waals surface area contributed by atoms with Crippen molar-refractivity contribution in [3.63, 3.8) is 0 Å². The Kier molecular flexibility index (Phi) is 3.89. The molecule has 1 N–H and O–H groups in total. The third kappa shape index (κ3) is 2.25. The topological polar surface area (TPSA) is 49.8 Å². The molecule has 0 aromatic heterocycles. The number of likely N-dealkylation sites (N-methyl/N-ethyl adjacent to an activating group) is 1. The molecular weight excluding hydrogens is 182 g/mol. The number of ether oxygens (including phenoxy) is 1. The Morgan fingerprint density at radius 3 is 2.79 bits per heavy atom. The summed E-state index contributed by atoms with van der Waals surface area (Å²) in [6.07, 6.45) is 1.03. The molecule has 0 aliphatic carbocycles. The van der Waals surface area contributed by atoms with Crippen molar-refractivity contribution in [2.75, 3.05) is 20.3 Å². The lowest BCUT2D eigenvalue weighted by atomic mass is 10.0. The van der Waals surface area contributed by atoms with Gasteiger partial charge in [0.2, 0.25) is 0 Å². The van der Waals surface area contributed by atoms with Crippen LogP contribution in [0.25, 0.3) is 0 Å². The minimum Gasteiger partial charge on any atom is -0.481 e. The van der Waals surface area contributed by atoms with E-state index in [2.05, 4.69) is 18.7 Å². The molecule has 1 heterocycles. The normalized spacial score (nSPS) is 29.4. The van der Waals surface area contributed by atoms with Gasteiger partial charge in [-0.2, -0.15) is 0 Å². The van der Waals surface area contributed by atoms with Gasteiger partial charge in [-0.3, -0.25) is 9.69 Å². The summed E-state index contributed by atoms with van der Waals surface area (Å²) in [5.41, 5.74) is 0. The Morgan fingerprint density at radius 1 is 1.64 bits per heavy atom. The highest BCUT2D eigenvalue weighted by molar-refractivity contribution is 5.71. The smallest absolute Gasteiger partial charge is 0.310 e. The van der Waals surface area contributed by atoms with E-state index in [9.17, 15) is 4.79 Å². The second-order valence-corrected chi connectivity index (χ2v) is 3.97. The molecule has 0 saturated carbocycles. The number of carbonyl (C=O) groups is 1. The molecule has 4 heteroatoms. The predicted molar refractivity (Wildman–Crippen MR) is 53.2 cm³/mol. The molecule has 1 fully saturated rings. The summed E-state index contributed by atoms with van der Waals surface area (Å²) in [5.74, 6) is -1.11. The van der Waals surface area contributed by atoms with E-state index in [0.717, 1.165) is 6.42 Å². The zero-order valence-electron chi connectivity index (χ0n) is 9.06. The van der Waals surface area contributed by atoms with Gasteiger partial charge in [-0.1, -0.05) is 6.92 Å². The van der Waals surface area contributed by atoms with E-state index in [4.69, 9.17) is 9.84 Å². The first-order chi connectivity index (χ1) is 6.57. The van der Waals surface area contributed by atoms with Crippen LogP contribution < -0.4 is 0 Å². The Morgan fingerprint density at radius 2 is 2.29 bits per heavy atom. The van der Waals surface area contributed by atoms with Gasteiger partial charge in [-0.05, 0) is 20.4 Å². The molecule has 1 saturated heterocycles. The van der Waals surface area contributed by atoms with Crippen LogP contribution in [0.2, 0.25) is 0 Å². The van der Waals surface area contributed by atoms with Crippen molar-refractivity contribution in [3.8, 4) is 0 Å². The maximum Gasteiger partial charge on any atom is 0.310 e. The second-order valence-electron chi connectivity index (χ2n) is 3.97. The maximum atomic E-state index is 10.9. The monoisotopic (exact) mass is 201 g/mol. The van der Waals surface area contributed by atoms with Crippen LogP contribution >= 0.6 is 0 Å².